The van der Waals surface area contributed by atoms with Gasteiger partial charge in [-0.1, -0.05) is 6.07 Å². The van der Waals surface area contributed by atoms with Crippen molar-refractivity contribution in [2.24, 2.45) is 0 Å². The van der Waals surface area contributed by atoms with E-state index in [1.807, 2.05) is 35.0 Å². The molecule has 1 aliphatic heterocycles. The van der Waals surface area contributed by atoms with Crippen LogP contribution < -0.4 is 10.6 Å². The first-order chi connectivity index (χ1) is 12.7. The van der Waals surface area contributed by atoms with Crippen molar-refractivity contribution >= 4 is 11.5 Å². The van der Waals surface area contributed by atoms with Crippen molar-refractivity contribution in [3.63, 3.8) is 0 Å². The van der Waals surface area contributed by atoms with Crippen LogP contribution in [0.1, 0.15) is 20.3 Å². The molecule has 1 fully saturated rings. The highest BCUT2D eigenvalue weighted by atomic mass is 16.5. The standard InChI is InChI=1S/C19H24N6O/c1-13(2)26-12-15-7-14(8-21-15)23-18-11-20-9-16(24-18)17-10-22-19-5-3-4-6-25(17)19/h3-6,9-11,13-15,21H,7-8,12H2,1-2H3,(H,23,24)/t14-,15+/m1/s1. The van der Waals surface area contributed by atoms with E-state index in [1.165, 1.54) is 0 Å². The second kappa shape index (κ2) is 7.39. The van der Waals surface area contributed by atoms with Crippen LogP contribution in [-0.2, 0) is 4.74 Å². The smallest absolute Gasteiger partial charge is 0.145 e. The Hall–Kier alpha value is -2.51. The number of nitrogens with zero attached hydrogens (tertiary/aromatic N) is 4. The van der Waals surface area contributed by atoms with E-state index in [4.69, 9.17) is 9.72 Å². The zero-order valence-corrected chi connectivity index (χ0v) is 15.1. The number of anilines is 1. The molecule has 0 aliphatic carbocycles. The van der Waals surface area contributed by atoms with E-state index < -0.39 is 0 Å². The molecule has 3 aromatic rings. The summed E-state index contributed by atoms with van der Waals surface area (Å²) in [5, 5.41) is 6.99. The molecule has 3 aromatic heterocycles. The fraction of sp³-hybridized carbons (Fsp3) is 0.421. The van der Waals surface area contributed by atoms with Gasteiger partial charge in [0.1, 0.15) is 17.2 Å². The number of imidazole rings is 1. The molecule has 0 saturated carbocycles. The summed E-state index contributed by atoms with van der Waals surface area (Å²) >= 11 is 0. The monoisotopic (exact) mass is 352 g/mol. The molecule has 1 saturated heterocycles. The summed E-state index contributed by atoms with van der Waals surface area (Å²) in [4.78, 5) is 13.5. The van der Waals surface area contributed by atoms with Crippen LogP contribution >= 0.6 is 0 Å². The van der Waals surface area contributed by atoms with E-state index in [-0.39, 0.29) is 6.10 Å². The number of fused-ring (bicyclic) bond motifs is 1. The summed E-state index contributed by atoms with van der Waals surface area (Å²) in [6.07, 6.45) is 8.63. The van der Waals surface area contributed by atoms with Gasteiger partial charge in [-0.05, 0) is 32.4 Å². The largest absolute Gasteiger partial charge is 0.377 e. The number of aromatic nitrogens is 4. The molecule has 0 amide bonds. The van der Waals surface area contributed by atoms with Gasteiger partial charge in [0, 0.05) is 24.8 Å². The van der Waals surface area contributed by atoms with E-state index in [9.17, 15) is 0 Å². The van der Waals surface area contributed by atoms with Gasteiger partial charge < -0.3 is 15.4 Å². The number of hydrogen-bond acceptors (Lipinski definition) is 6. The van der Waals surface area contributed by atoms with Gasteiger partial charge in [0.25, 0.3) is 0 Å². The average Bonchev–Trinajstić information content (AvgIpc) is 3.27. The molecule has 7 heteroatoms. The Labute approximate surface area is 152 Å². The van der Waals surface area contributed by atoms with Crippen LogP contribution in [0.15, 0.2) is 43.0 Å². The third-order valence-electron chi connectivity index (χ3n) is 4.52. The minimum atomic E-state index is 0.261. The SMILES string of the molecule is CC(C)OC[C@@H]1C[C@@H](Nc2cncc(-c3cnc4ccccn34)n2)CN1. The lowest BCUT2D eigenvalue weighted by Gasteiger charge is -2.14. The summed E-state index contributed by atoms with van der Waals surface area (Å²) in [7, 11) is 0. The maximum absolute atomic E-state index is 5.71. The molecule has 0 bridgehead atoms. The fourth-order valence-corrected chi connectivity index (χ4v) is 3.25. The highest BCUT2D eigenvalue weighted by molar-refractivity contribution is 5.60. The third-order valence-corrected chi connectivity index (χ3v) is 4.52. The summed E-state index contributed by atoms with van der Waals surface area (Å²) in [6, 6.07) is 6.63. The minimum Gasteiger partial charge on any atom is -0.377 e. The molecule has 0 spiro atoms. The molecule has 2 atom stereocenters. The van der Waals surface area contributed by atoms with Gasteiger partial charge in [0.15, 0.2) is 0 Å². The highest BCUT2D eigenvalue weighted by Gasteiger charge is 2.24. The molecule has 7 nitrogen and oxygen atoms in total. The predicted octanol–water partition coefficient (Wildman–Crippen LogP) is 2.36. The van der Waals surface area contributed by atoms with Crippen molar-refractivity contribution < 1.29 is 4.74 Å². The number of pyridine rings is 1. The zero-order valence-electron chi connectivity index (χ0n) is 15.1. The lowest BCUT2D eigenvalue weighted by Crippen LogP contribution is -2.28. The van der Waals surface area contributed by atoms with Crippen molar-refractivity contribution in [1.82, 2.24) is 24.7 Å². The van der Waals surface area contributed by atoms with Gasteiger partial charge in [-0.15, -0.1) is 0 Å². The van der Waals surface area contributed by atoms with Gasteiger partial charge >= 0.3 is 0 Å². The lowest BCUT2D eigenvalue weighted by atomic mass is 10.2. The van der Waals surface area contributed by atoms with E-state index in [0.717, 1.165) is 42.4 Å². The molecular weight excluding hydrogens is 328 g/mol. The van der Waals surface area contributed by atoms with Crippen LogP contribution in [-0.4, -0.2) is 50.7 Å². The van der Waals surface area contributed by atoms with Gasteiger partial charge in [-0.25, -0.2) is 9.97 Å². The summed E-state index contributed by atoms with van der Waals surface area (Å²) in [5.41, 5.74) is 2.64. The number of ether oxygens (including phenoxy) is 1. The van der Waals surface area contributed by atoms with Gasteiger partial charge in [-0.2, -0.15) is 0 Å². The van der Waals surface area contributed by atoms with Crippen LogP contribution in [0.25, 0.3) is 17.0 Å². The molecule has 26 heavy (non-hydrogen) atoms. The molecule has 2 N–H and O–H groups in total. The van der Waals surface area contributed by atoms with Crippen LogP contribution in [0.5, 0.6) is 0 Å². The number of nitrogens with one attached hydrogen (secondary N) is 2. The molecule has 136 valence electrons. The number of rotatable bonds is 6. The fourth-order valence-electron chi connectivity index (χ4n) is 3.25. The maximum atomic E-state index is 5.71. The Balaban J connectivity index is 1.45. The second-order valence-corrected chi connectivity index (χ2v) is 6.93. The van der Waals surface area contributed by atoms with Crippen molar-refractivity contribution in [3.8, 4) is 11.4 Å². The zero-order chi connectivity index (χ0) is 17.9. The minimum absolute atomic E-state index is 0.261. The van der Waals surface area contributed by atoms with Gasteiger partial charge in [0.2, 0.25) is 0 Å². The molecular formula is C19H24N6O. The molecule has 4 heterocycles. The highest BCUT2D eigenvalue weighted by Crippen LogP contribution is 2.20. The summed E-state index contributed by atoms with van der Waals surface area (Å²) in [5.74, 6) is 0.783. The van der Waals surface area contributed by atoms with Crippen LogP contribution in [0.3, 0.4) is 0 Å². The third kappa shape index (κ3) is 3.68. The first-order valence-corrected chi connectivity index (χ1v) is 9.05. The second-order valence-electron chi connectivity index (χ2n) is 6.93. The molecule has 0 unspecified atom stereocenters. The van der Waals surface area contributed by atoms with Gasteiger partial charge in [0.05, 0.1) is 37.0 Å². The maximum Gasteiger partial charge on any atom is 0.145 e. The van der Waals surface area contributed by atoms with Crippen LogP contribution in [0.2, 0.25) is 0 Å². The van der Waals surface area contributed by atoms with E-state index >= 15 is 0 Å². The van der Waals surface area contributed by atoms with Crippen molar-refractivity contribution in [2.75, 3.05) is 18.5 Å². The van der Waals surface area contributed by atoms with E-state index in [1.54, 1.807) is 12.4 Å². The topological polar surface area (TPSA) is 76.4 Å². The Morgan fingerprint density at radius 3 is 3.12 bits per heavy atom. The van der Waals surface area contributed by atoms with E-state index in [2.05, 4.69) is 34.4 Å². The Bertz CT molecular complexity index is 877. The first kappa shape index (κ1) is 16.9. The van der Waals surface area contributed by atoms with Crippen molar-refractivity contribution in [2.45, 2.75) is 38.5 Å². The Kier molecular flexibility index (Phi) is 4.81. The van der Waals surface area contributed by atoms with E-state index in [0.29, 0.717) is 12.1 Å². The van der Waals surface area contributed by atoms with Crippen molar-refractivity contribution in [3.05, 3.63) is 43.0 Å². The van der Waals surface area contributed by atoms with Crippen LogP contribution in [0.4, 0.5) is 5.82 Å². The lowest BCUT2D eigenvalue weighted by molar-refractivity contribution is 0.0648. The molecule has 4 rings (SSSR count). The number of hydrogen-bond donors (Lipinski definition) is 2. The average molecular weight is 352 g/mol. The van der Waals surface area contributed by atoms with Crippen LogP contribution in [0, 0.1) is 0 Å². The molecule has 0 radical (unpaired) electrons. The molecule has 0 aromatic carbocycles. The molecule has 1 aliphatic rings. The summed E-state index contributed by atoms with van der Waals surface area (Å²) < 4.78 is 7.72. The predicted molar refractivity (Wildman–Crippen MR) is 101 cm³/mol. The van der Waals surface area contributed by atoms with Gasteiger partial charge in [-0.3, -0.25) is 9.38 Å². The Morgan fingerprint density at radius 1 is 1.31 bits per heavy atom. The normalized spacial score (nSPS) is 20.1. The first-order valence-electron chi connectivity index (χ1n) is 9.05. The quantitative estimate of drug-likeness (QED) is 0.709. The summed E-state index contributed by atoms with van der Waals surface area (Å²) in [6.45, 7) is 5.76. The van der Waals surface area contributed by atoms with Crippen molar-refractivity contribution in [1.29, 1.82) is 0 Å². The Morgan fingerprint density at radius 2 is 2.23 bits per heavy atom.